The van der Waals surface area contributed by atoms with E-state index in [-0.39, 0.29) is 10.1 Å². The number of benzene rings is 1. The molecule has 0 saturated carbocycles. The van der Waals surface area contributed by atoms with E-state index in [1.165, 1.54) is 16.7 Å². The second-order valence-corrected chi connectivity index (χ2v) is 13.3. The Hall–Kier alpha value is -0.863. The third-order valence-electron chi connectivity index (χ3n) is 5.00. The smallest absolute Gasteiger partial charge is 0.228 e. The molecule has 0 aromatic heterocycles. The first-order valence-electron chi connectivity index (χ1n) is 7.65. The zero-order chi connectivity index (χ0) is 14.8. The van der Waals surface area contributed by atoms with Gasteiger partial charge in [0.2, 0.25) is 8.32 Å². The lowest BCUT2D eigenvalue weighted by Crippen LogP contribution is -2.52. The molecule has 1 aliphatic heterocycles. The van der Waals surface area contributed by atoms with Crippen LogP contribution < -0.4 is 0 Å². The van der Waals surface area contributed by atoms with Crippen molar-refractivity contribution in [3.8, 4) is 0 Å². The van der Waals surface area contributed by atoms with Crippen molar-refractivity contribution in [2.24, 2.45) is 0 Å². The molecule has 0 N–H and O–H groups in total. The normalized spacial score (nSPS) is 24.3. The quantitative estimate of drug-likeness (QED) is 0.602. The molecule has 2 aliphatic rings. The van der Waals surface area contributed by atoms with E-state index >= 15 is 0 Å². The first-order valence-corrected chi connectivity index (χ1v) is 9.63. The fraction of sp³-hybridized carbons (Fsp3) is 0.556. The molecule has 1 atom stereocenters. The van der Waals surface area contributed by atoms with Crippen LogP contribution in [0.25, 0.3) is 5.57 Å². The lowest BCUT2D eigenvalue weighted by Gasteiger charge is -2.47. The van der Waals surface area contributed by atoms with Crippen molar-refractivity contribution in [3.05, 3.63) is 41.1 Å². The van der Waals surface area contributed by atoms with Crippen molar-refractivity contribution in [1.82, 2.24) is 0 Å². The maximum atomic E-state index is 6.83. The van der Waals surface area contributed by atoms with Gasteiger partial charge < -0.3 is 4.43 Å². The third kappa shape index (κ3) is 1.78. The van der Waals surface area contributed by atoms with Gasteiger partial charge in [0.1, 0.15) is 0 Å². The van der Waals surface area contributed by atoms with Crippen molar-refractivity contribution in [3.63, 3.8) is 0 Å². The van der Waals surface area contributed by atoms with Crippen molar-refractivity contribution < 1.29 is 4.43 Å². The van der Waals surface area contributed by atoms with Gasteiger partial charge in [0, 0.05) is 6.42 Å². The molecule has 0 fully saturated rings. The summed E-state index contributed by atoms with van der Waals surface area (Å²) in [4.78, 5) is 0. The molecule has 108 valence electrons. The molecule has 1 aromatic rings. The summed E-state index contributed by atoms with van der Waals surface area (Å²) in [5.74, 6) is 0. The summed E-state index contributed by atoms with van der Waals surface area (Å²) < 4.78 is 6.83. The average Bonchev–Trinajstić information content (AvgIpc) is 2.81. The summed E-state index contributed by atoms with van der Waals surface area (Å²) in [5.41, 5.74) is 6.93. The summed E-state index contributed by atoms with van der Waals surface area (Å²) in [5, 5.41) is 0.440. The SMILES string of the molecule is CC(C)(C)[Si]1(C(C)(C)C)C=C2c3ccccc3C[C@H]2O1. The minimum absolute atomic E-state index is 0.220. The lowest BCUT2D eigenvalue weighted by atomic mass is 10.1. The van der Waals surface area contributed by atoms with Gasteiger partial charge in [0.05, 0.1) is 6.10 Å². The Morgan fingerprint density at radius 2 is 1.60 bits per heavy atom. The number of hydrogen-bond acceptors (Lipinski definition) is 1. The van der Waals surface area contributed by atoms with Gasteiger partial charge in [-0.05, 0) is 26.8 Å². The Bertz CT molecular complexity index is 558. The molecular weight excluding hydrogens is 260 g/mol. The van der Waals surface area contributed by atoms with Crippen molar-refractivity contribution in [2.45, 2.75) is 64.1 Å². The van der Waals surface area contributed by atoms with E-state index in [0.717, 1.165) is 6.42 Å². The zero-order valence-electron chi connectivity index (χ0n) is 13.6. The second-order valence-electron chi connectivity index (χ2n) is 8.30. The second kappa shape index (κ2) is 4.08. The van der Waals surface area contributed by atoms with Gasteiger partial charge in [-0.25, -0.2) is 0 Å². The molecule has 0 bridgehead atoms. The highest BCUT2D eigenvalue weighted by Gasteiger charge is 2.59. The fourth-order valence-electron chi connectivity index (χ4n) is 4.13. The Morgan fingerprint density at radius 3 is 2.20 bits per heavy atom. The largest absolute Gasteiger partial charge is 0.405 e. The molecular formula is C18H26OSi. The Kier molecular flexibility index (Phi) is 2.87. The average molecular weight is 286 g/mol. The fourth-order valence-corrected chi connectivity index (χ4v) is 9.46. The van der Waals surface area contributed by atoms with Crippen molar-refractivity contribution >= 4 is 13.9 Å². The standard InChI is InChI=1S/C18H26OSi/c1-17(2,3)20(18(4,5)6)12-15-14-10-8-7-9-13(14)11-16(15)19-20/h7-10,12,16H,11H2,1-6H3/t16-/m1/s1. The van der Waals surface area contributed by atoms with E-state index in [2.05, 4.69) is 71.5 Å². The van der Waals surface area contributed by atoms with Crippen LogP contribution in [0.3, 0.4) is 0 Å². The van der Waals surface area contributed by atoms with Crippen LogP contribution in [-0.2, 0) is 10.8 Å². The number of rotatable bonds is 0. The highest BCUT2D eigenvalue weighted by molar-refractivity contribution is 6.85. The van der Waals surface area contributed by atoms with Crippen LogP contribution in [-0.4, -0.2) is 14.4 Å². The van der Waals surface area contributed by atoms with E-state index in [1.807, 2.05) is 0 Å². The molecule has 0 saturated heterocycles. The predicted molar refractivity (Wildman–Crippen MR) is 88.2 cm³/mol. The van der Waals surface area contributed by atoms with Crippen LogP contribution in [0.1, 0.15) is 52.7 Å². The molecule has 2 heteroatoms. The lowest BCUT2D eigenvalue weighted by molar-refractivity contribution is 0.233. The first kappa shape index (κ1) is 14.1. The molecule has 0 unspecified atom stereocenters. The first-order chi connectivity index (χ1) is 9.16. The molecule has 1 heterocycles. The van der Waals surface area contributed by atoms with E-state index in [0.29, 0.717) is 6.10 Å². The third-order valence-corrected chi connectivity index (χ3v) is 10.8. The molecule has 0 radical (unpaired) electrons. The minimum atomic E-state index is -1.96. The summed E-state index contributed by atoms with van der Waals surface area (Å²) in [6.45, 7) is 14.1. The van der Waals surface area contributed by atoms with Gasteiger partial charge in [-0.3, -0.25) is 0 Å². The maximum Gasteiger partial charge on any atom is 0.228 e. The van der Waals surface area contributed by atoms with Crippen LogP contribution in [0.15, 0.2) is 30.0 Å². The molecule has 0 amide bonds. The summed E-state index contributed by atoms with van der Waals surface area (Å²) in [6.07, 6.45) is 1.36. The highest BCUT2D eigenvalue weighted by Crippen LogP contribution is 2.58. The van der Waals surface area contributed by atoms with Crippen LogP contribution >= 0.6 is 0 Å². The van der Waals surface area contributed by atoms with Gasteiger partial charge in [0.25, 0.3) is 0 Å². The minimum Gasteiger partial charge on any atom is -0.405 e. The highest BCUT2D eigenvalue weighted by atomic mass is 28.4. The molecule has 1 nitrogen and oxygen atoms in total. The maximum absolute atomic E-state index is 6.83. The molecule has 20 heavy (non-hydrogen) atoms. The molecule has 1 aliphatic carbocycles. The van der Waals surface area contributed by atoms with E-state index in [4.69, 9.17) is 4.43 Å². The monoisotopic (exact) mass is 286 g/mol. The number of hydrogen-bond donors (Lipinski definition) is 0. The van der Waals surface area contributed by atoms with Crippen LogP contribution in [0.2, 0.25) is 10.1 Å². The Labute approximate surface area is 124 Å². The number of fused-ring (bicyclic) bond motifs is 3. The van der Waals surface area contributed by atoms with E-state index < -0.39 is 8.32 Å². The molecule has 3 rings (SSSR count). The van der Waals surface area contributed by atoms with Gasteiger partial charge in [0.15, 0.2) is 0 Å². The van der Waals surface area contributed by atoms with Crippen molar-refractivity contribution in [2.75, 3.05) is 0 Å². The molecule has 1 aromatic carbocycles. The van der Waals surface area contributed by atoms with E-state index in [1.54, 1.807) is 0 Å². The van der Waals surface area contributed by atoms with Gasteiger partial charge in [-0.2, -0.15) is 0 Å². The van der Waals surface area contributed by atoms with Gasteiger partial charge >= 0.3 is 0 Å². The van der Waals surface area contributed by atoms with Gasteiger partial charge in [-0.1, -0.05) is 71.5 Å². The molecule has 0 spiro atoms. The predicted octanol–water partition coefficient (Wildman–Crippen LogP) is 5.11. The zero-order valence-corrected chi connectivity index (χ0v) is 14.6. The topological polar surface area (TPSA) is 9.23 Å². The van der Waals surface area contributed by atoms with Crippen LogP contribution in [0.4, 0.5) is 0 Å². The Morgan fingerprint density at radius 1 is 1.00 bits per heavy atom. The van der Waals surface area contributed by atoms with Crippen molar-refractivity contribution in [1.29, 1.82) is 0 Å². The summed E-state index contributed by atoms with van der Waals surface area (Å²) >= 11 is 0. The van der Waals surface area contributed by atoms with E-state index in [9.17, 15) is 0 Å². The summed E-state index contributed by atoms with van der Waals surface area (Å²) in [7, 11) is -1.96. The van der Waals surface area contributed by atoms with Crippen LogP contribution in [0, 0.1) is 0 Å². The van der Waals surface area contributed by atoms with Crippen LogP contribution in [0.5, 0.6) is 0 Å². The van der Waals surface area contributed by atoms with Gasteiger partial charge in [-0.15, -0.1) is 0 Å². The Balaban J connectivity index is 2.15. The summed E-state index contributed by atoms with van der Waals surface area (Å²) in [6, 6.07) is 8.80.